The van der Waals surface area contributed by atoms with Gasteiger partial charge in [-0.05, 0) is 18.2 Å². The van der Waals surface area contributed by atoms with Gasteiger partial charge < -0.3 is 15.2 Å². The molecular formula is C14H11ClFNO4. The van der Waals surface area contributed by atoms with Gasteiger partial charge in [-0.25, -0.2) is 4.39 Å². The number of fused-ring (bicyclic) bond motifs is 2. The van der Waals surface area contributed by atoms with Crippen molar-refractivity contribution in [3.8, 4) is 0 Å². The summed E-state index contributed by atoms with van der Waals surface area (Å²) in [6.45, 7) is 0. The smallest absolute Gasteiger partial charge is 0.310 e. The minimum Gasteiger partial charge on any atom is -0.481 e. The van der Waals surface area contributed by atoms with Crippen LogP contribution in [0.5, 0.6) is 0 Å². The zero-order chi connectivity index (χ0) is 15.1. The van der Waals surface area contributed by atoms with Crippen LogP contribution in [-0.4, -0.2) is 29.2 Å². The molecule has 1 amide bonds. The normalized spacial score (nSPS) is 29.6. The summed E-state index contributed by atoms with van der Waals surface area (Å²) in [6, 6.07) is 3.84. The Labute approximate surface area is 124 Å². The SMILES string of the molecule is O=C(O)[C@@H]1[C@H](C(=O)Nc2ccc(Cl)cc2F)[C@H]2C=C[C@H]1O2. The Morgan fingerprint density at radius 3 is 2.52 bits per heavy atom. The highest BCUT2D eigenvalue weighted by molar-refractivity contribution is 6.30. The largest absolute Gasteiger partial charge is 0.481 e. The molecular weight excluding hydrogens is 301 g/mol. The third-order valence-corrected chi connectivity index (χ3v) is 3.91. The number of ether oxygens (including phenoxy) is 1. The Balaban J connectivity index is 1.82. The lowest BCUT2D eigenvalue weighted by Crippen LogP contribution is -2.39. The average Bonchev–Trinajstić information content (AvgIpc) is 3.02. The lowest BCUT2D eigenvalue weighted by atomic mass is 9.82. The van der Waals surface area contributed by atoms with Gasteiger partial charge >= 0.3 is 5.97 Å². The first-order chi connectivity index (χ1) is 9.97. The van der Waals surface area contributed by atoms with Gasteiger partial charge in [-0.1, -0.05) is 23.8 Å². The van der Waals surface area contributed by atoms with Crippen molar-refractivity contribution in [1.29, 1.82) is 0 Å². The lowest BCUT2D eigenvalue weighted by molar-refractivity contribution is -0.145. The van der Waals surface area contributed by atoms with Crippen LogP contribution in [0.15, 0.2) is 30.4 Å². The number of anilines is 1. The number of hydrogen-bond acceptors (Lipinski definition) is 3. The van der Waals surface area contributed by atoms with Crippen LogP contribution < -0.4 is 5.32 Å². The molecule has 7 heteroatoms. The predicted octanol–water partition coefficient (Wildman–Crippen LogP) is 2.07. The van der Waals surface area contributed by atoms with Crippen LogP contribution in [0, 0.1) is 17.7 Å². The van der Waals surface area contributed by atoms with Gasteiger partial charge in [0.1, 0.15) is 11.7 Å². The first-order valence-electron chi connectivity index (χ1n) is 6.30. The number of amides is 1. The van der Waals surface area contributed by atoms with E-state index in [-0.39, 0.29) is 10.7 Å². The molecule has 21 heavy (non-hydrogen) atoms. The number of carboxylic acid groups (broad SMARTS) is 1. The van der Waals surface area contributed by atoms with Crippen LogP contribution in [0.25, 0.3) is 0 Å². The quantitative estimate of drug-likeness (QED) is 0.838. The molecule has 1 saturated heterocycles. The van der Waals surface area contributed by atoms with E-state index in [1.807, 2.05) is 0 Å². The summed E-state index contributed by atoms with van der Waals surface area (Å²) in [5, 5.41) is 11.8. The van der Waals surface area contributed by atoms with Crippen molar-refractivity contribution < 1.29 is 23.8 Å². The molecule has 5 nitrogen and oxygen atoms in total. The maximum atomic E-state index is 13.7. The van der Waals surface area contributed by atoms with E-state index in [1.165, 1.54) is 12.1 Å². The van der Waals surface area contributed by atoms with Crippen molar-refractivity contribution in [2.24, 2.45) is 11.8 Å². The third-order valence-electron chi connectivity index (χ3n) is 3.68. The highest BCUT2D eigenvalue weighted by Gasteiger charge is 2.53. The molecule has 0 saturated carbocycles. The van der Waals surface area contributed by atoms with Crippen LogP contribution in [-0.2, 0) is 14.3 Å². The van der Waals surface area contributed by atoms with Gasteiger partial charge in [-0.3, -0.25) is 9.59 Å². The summed E-state index contributed by atoms with van der Waals surface area (Å²) in [4.78, 5) is 23.6. The average molecular weight is 312 g/mol. The van der Waals surface area contributed by atoms with Gasteiger partial charge in [0.15, 0.2) is 0 Å². The first kappa shape index (κ1) is 14.0. The Morgan fingerprint density at radius 1 is 1.24 bits per heavy atom. The second kappa shape index (κ2) is 5.13. The molecule has 0 radical (unpaired) electrons. The Kier molecular flexibility index (Phi) is 3.43. The highest BCUT2D eigenvalue weighted by Crippen LogP contribution is 2.40. The zero-order valence-electron chi connectivity index (χ0n) is 10.6. The van der Waals surface area contributed by atoms with Crippen LogP contribution in [0.3, 0.4) is 0 Å². The summed E-state index contributed by atoms with van der Waals surface area (Å²) in [5.41, 5.74) is -0.0414. The molecule has 4 atom stereocenters. The number of hydrogen-bond donors (Lipinski definition) is 2. The fourth-order valence-corrected chi connectivity index (χ4v) is 2.88. The van der Waals surface area contributed by atoms with E-state index in [9.17, 15) is 19.1 Å². The van der Waals surface area contributed by atoms with Gasteiger partial charge in [-0.15, -0.1) is 0 Å². The van der Waals surface area contributed by atoms with Gasteiger partial charge in [-0.2, -0.15) is 0 Å². The van der Waals surface area contributed by atoms with E-state index in [4.69, 9.17) is 16.3 Å². The van der Waals surface area contributed by atoms with Gasteiger partial charge in [0, 0.05) is 5.02 Å². The van der Waals surface area contributed by atoms with E-state index in [0.29, 0.717) is 0 Å². The van der Waals surface area contributed by atoms with Crippen molar-refractivity contribution in [3.05, 3.63) is 41.2 Å². The summed E-state index contributed by atoms with van der Waals surface area (Å²) < 4.78 is 19.1. The third kappa shape index (κ3) is 2.41. The molecule has 110 valence electrons. The molecule has 2 aliphatic rings. The van der Waals surface area contributed by atoms with E-state index in [0.717, 1.165) is 6.07 Å². The van der Waals surface area contributed by atoms with E-state index < -0.39 is 41.7 Å². The lowest BCUT2D eigenvalue weighted by Gasteiger charge is -2.21. The maximum Gasteiger partial charge on any atom is 0.310 e. The number of aliphatic carboxylic acids is 1. The zero-order valence-corrected chi connectivity index (χ0v) is 11.4. The van der Waals surface area contributed by atoms with Crippen molar-refractivity contribution in [1.82, 2.24) is 0 Å². The first-order valence-corrected chi connectivity index (χ1v) is 6.67. The topological polar surface area (TPSA) is 75.6 Å². The molecule has 2 heterocycles. The number of halogens is 2. The molecule has 1 aromatic carbocycles. The van der Waals surface area contributed by atoms with Gasteiger partial charge in [0.25, 0.3) is 0 Å². The molecule has 2 bridgehead atoms. The molecule has 1 aromatic rings. The minimum absolute atomic E-state index is 0.0414. The number of nitrogens with one attached hydrogen (secondary N) is 1. The molecule has 0 spiro atoms. The Morgan fingerprint density at radius 2 is 1.90 bits per heavy atom. The molecule has 0 aliphatic carbocycles. The fourth-order valence-electron chi connectivity index (χ4n) is 2.72. The summed E-state index contributed by atoms with van der Waals surface area (Å²) >= 11 is 5.64. The van der Waals surface area contributed by atoms with Crippen LogP contribution >= 0.6 is 11.6 Å². The maximum absolute atomic E-state index is 13.7. The number of benzene rings is 1. The van der Waals surface area contributed by atoms with Crippen molar-refractivity contribution in [3.63, 3.8) is 0 Å². The highest BCUT2D eigenvalue weighted by atomic mass is 35.5. The molecule has 3 rings (SSSR count). The number of carbonyl (C=O) groups excluding carboxylic acids is 1. The standard InChI is InChI=1S/C14H11ClFNO4/c15-6-1-2-8(7(16)5-6)17-13(18)11-9-3-4-10(21-9)12(11)14(19)20/h1-5,9-12H,(H,17,18)(H,19,20)/t9-,10-,11-,12+/m1/s1. The fraction of sp³-hybridized carbons (Fsp3) is 0.286. The molecule has 0 aromatic heterocycles. The monoisotopic (exact) mass is 311 g/mol. The van der Waals surface area contributed by atoms with Crippen molar-refractivity contribution in [2.75, 3.05) is 5.32 Å². The van der Waals surface area contributed by atoms with Crippen LogP contribution in [0.1, 0.15) is 0 Å². The summed E-state index contributed by atoms with van der Waals surface area (Å²) in [5.74, 6) is -4.21. The second-order valence-electron chi connectivity index (χ2n) is 4.95. The van der Waals surface area contributed by atoms with E-state index >= 15 is 0 Å². The van der Waals surface area contributed by atoms with Crippen molar-refractivity contribution >= 4 is 29.2 Å². The van der Waals surface area contributed by atoms with Crippen molar-refractivity contribution in [2.45, 2.75) is 12.2 Å². The van der Waals surface area contributed by atoms with Crippen LogP contribution in [0.2, 0.25) is 5.02 Å². The minimum atomic E-state index is -1.11. The Bertz CT molecular complexity index is 648. The Hall–Kier alpha value is -1.92. The van der Waals surface area contributed by atoms with Crippen LogP contribution in [0.4, 0.5) is 10.1 Å². The second-order valence-corrected chi connectivity index (χ2v) is 5.39. The molecule has 2 aliphatic heterocycles. The van der Waals surface area contributed by atoms with Gasteiger partial charge in [0.2, 0.25) is 5.91 Å². The predicted molar refractivity (Wildman–Crippen MR) is 72.5 cm³/mol. The molecule has 1 fully saturated rings. The number of carbonyl (C=O) groups is 2. The number of carboxylic acids is 1. The van der Waals surface area contributed by atoms with E-state index in [1.54, 1.807) is 12.2 Å². The summed E-state index contributed by atoms with van der Waals surface area (Å²) in [6.07, 6.45) is 2.09. The molecule has 0 unspecified atom stereocenters. The molecule has 2 N–H and O–H groups in total. The summed E-state index contributed by atoms with van der Waals surface area (Å²) in [7, 11) is 0. The van der Waals surface area contributed by atoms with Gasteiger partial charge in [0.05, 0.1) is 23.8 Å². The van der Waals surface area contributed by atoms with E-state index in [2.05, 4.69) is 5.32 Å². The number of rotatable bonds is 3.